The number of alkyl carbamates (subject to hydrolysis) is 2. The lowest BCUT2D eigenvalue weighted by Gasteiger charge is -2.25. The minimum absolute atomic E-state index is 0.0753. The van der Waals surface area contributed by atoms with Crippen molar-refractivity contribution in [2.24, 2.45) is 0 Å². The molecule has 3 aromatic heterocycles. The van der Waals surface area contributed by atoms with Crippen LogP contribution in [0.4, 0.5) is 9.59 Å². The monoisotopic (exact) mass is 1510 g/mol. The van der Waals surface area contributed by atoms with Crippen LogP contribution in [0.25, 0.3) is 22.1 Å². The molecule has 2 amide bonds. The molecule has 9 aromatic rings. The Kier molecular flexibility index (Phi) is 29.6. The third kappa shape index (κ3) is 22.7. The van der Waals surface area contributed by atoms with Crippen LogP contribution in [0.5, 0.6) is 23.0 Å². The number of nitrogens with zero attached hydrogens (tertiary/aromatic N) is 5. The Morgan fingerprint density at radius 2 is 0.741 bits per heavy atom. The number of carbonyl (C=O) groups excluding carboxylic acids is 4. The van der Waals surface area contributed by atoms with Crippen molar-refractivity contribution in [2.45, 2.75) is 140 Å². The SMILES string of the molecule is COc1ccc(C(c2ccc(OC)cc2)n2c(=O)c3cc4c(=O)n(C(c5ccc(OC)cc5)c5ccc(OC)cc5)c(=O)n(CCN[C@@H](CCCCNC(=O)OCc5ccccc5)C(=O)OCC[Si](C)(C)C)c4nc3n(CCN[C@@H](CCCCNC(=O)OCc3ccccc3)C(=O)OCC[Si](C)(C)C)c2=O)cc1. The van der Waals surface area contributed by atoms with E-state index in [1.165, 1.54) is 43.6 Å². The van der Waals surface area contributed by atoms with Gasteiger partial charge in [0.15, 0.2) is 11.3 Å². The van der Waals surface area contributed by atoms with Crippen LogP contribution in [0.2, 0.25) is 51.4 Å². The third-order valence-corrected chi connectivity index (χ3v) is 21.9. The van der Waals surface area contributed by atoms with E-state index in [1.807, 2.05) is 60.7 Å². The fourth-order valence-corrected chi connectivity index (χ4v) is 13.8. The number of aromatic nitrogens is 5. The number of carbonyl (C=O) groups is 4. The number of hydrogen-bond acceptors (Lipinski definition) is 19. The maximum absolute atomic E-state index is 16.1. The Bertz CT molecular complexity index is 4310. The molecule has 0 aliphatic carbocycles. The second kappa shape index (κ2) is 39.3. The average molecular weight is 1510 g/mol. The number of fused-ring (bicyclic) bond motifs is 2. The molecule has 25 nitrogen and oxygen atoms in total. The van der Waals surface area contributed by atoms with E-state index in [9.17, 15) is 19.2 Å². The number of esters is 2. The van der Waals surface area contributed by atoms with Crippen molar-refractivity contribution in [2.75, 3.05) is 67.8 Å². The van der Waals surface area contributed by atoms with E-state index in [0.717, 1.165) is 20.3 Å². The summed E-state index contributed by atoms with van der Waals surface area (Å²) >= 11 is 0. The number of unbranched alkanes of at least 4 members (excludes halogenated alkanes) is 2. The first-order chi connectivity index (χ1) is 52.0. The summed E-state index contributed by atoms with van der Waals surface area (Å²) in [6, 6.07) is 45.1. The van der Waals surface area contributed by atoms with E-state index in [2.05, 4.69) is 60.5 Å². The van der Waals surface area contributed by atoms with Gasteiger partial charge >= 0.3 is 35.5 Å². The Labute approximate surface area is 630 Å². The van der Waals surface area contributed by atoms with Gasteiger partial charge in [-0.25, -0.2) is 33.3 Å². The molecule has 0 aliphatic rings. The van der Waals surface area contributed by atoms with Gasteiger partial charge in [-0.1, -0.05) is 148 Å². The Morgan fingerprint density at radius 1 is 0.417 bits per heavy atom. The fraction of sp³-hybridized carbons (Fsp3) is 0.395. The molecule has 0 aliphatic heterocycles. The summed E-state index contributed by atoms with van der Waals surface area (Å²) < 4.78 is 49.9. The zero-order valence-electron chi connectivity index (χ0n) is 63.4. The first-order valence-corrected chi connectivity index (χ1v) is 44.0. The molecular weight excluding hydrogens is 1410 g/mol. The maximum atomic E-state index is 16.1. The highest BCUT2D eigenvalue weighted by Gasteiger charge is 2.31. The van der Waals surface area contributed by atoms with Gasteiger partial charge in [0.1, 0.15) is 48.3 Å². The molecule has 3 heterocycles. The number of pyridine rings is 1. The highest BCUT2D eigenvalue weighted by molar-refractivity contribution is 6.76. The van der Waals surface area contributed by atoms with Gasteiger partial charge in [0.05, 0.1) is 64.5 Å². The van der Waals surface area contributed by atoms with Crippen molar-refractivity contribution in [1.82, 2.24) is 44.5 Å². The van der Waals surface area contributed by atoms with E-state index in [1.54, 1.807) is 97.1 Å². The second-order valence-electron chi connectivity index (χ2n) is 28.8. The van der Waals surface area contributed by atoms with Crippen molar-refractivity contribution in [3.63, 3.8) is 0 Å². The molecule has 0 spiro atoms. The number of benzene rings is 6. The Hall–Kier alpha value is -10.6. The lowest BCUT2D eigenvalue weighted by Crippen LogP contribution is -2.47. The van der Waals surface area contributed by atoms with E-state index >= 15 is 19.2 Å². The molecule has 0 saturated heterocycles. The topological polar surface area (TPSA) is 291 Å². The van der Waals surface area contributed by atoms with Crippen LogP contribution in [-0.2, 0) is 54.8 Å². The Morgan fingerprint density at radius 3 is 1.05 bits per heavy atom. The average Bonchev–Trinajstić information content (AvgIpc) is 0.721. The Balaban J connectivity index is 1.17. The largest absolute Gasteiger partial charge is 0.497 e. The molecular formula is C81H101N9O16Si2. The number of methoxy groups -OCH3 is 4. The number of ether oxygens (including phenoxy) is 8. The van der Waals surface area contributed by atoms with Crippen LogP contribution in [-0.4, -0.2) is 143 Å². The molecule has 0 saturated carbocycles. The summed E-state index contributed by atoms with van der Waals surface area (Å²) in [6.45, 7) is 13.6. The summed E-state index contributed by atoms with van der Waals surface area (Å²) in [4.78, 5) is 124. The normalized spacial score (nSPS) is 12.2. The second-order valence-corrected chi connectivity index (χ2v) is 40.0. The van der Waals surface area contributed by atoms with E-state index < -0.39 is 86.9 Å². The van der Waals surface area contributed by atoms with E-state index in [0.29, 0.717) is 83.0 Å². The van der Waals surface area contributed by atoms with Crippen LogP contribution in [0.3, 0.4) is 0 Å². The molecule has 0 bridgehead atoms. The highest BCUT2D eigenvalue weighted by Crippen LogP contribution is 2.31. The minimum Gasteiger partial charge on any atom is -0.497 e. The lowest BCUT2D eigenvalue weighted by molar-refractivity contribution is -0.146. The molecule has 0 fully saturated rings. The standard InChI is InChI=1S/C81H101N9O16Si2/c1-99-62-35-27-58(28-36-62)70(59-29-37-63(100-2)38-30-59)89-74(91)66-53-67-73(86-72(66)87(80(89)97)47-45-82-68(76(93)103-49-51-107(5,6)7)25-17-19-43-84-78(95)105-54-56-21-13-11-14-22-56)88(81(98)90(75(67)92)71(60-31-39-64(101-3)40-32-60)61-33-41-65(102-4)42-34-61)48-46-83-69(77(94)104-50-52-108(8,9)10)26-18-20-44-85-79(96)106-55-57-23-15-12-16-24-57/h11-16,21-24,27-42,53,68-71,82-83H,17-20,25-26,43-52,54-55H2,1-10H3,(H,84,95)(H,85,96)/t68-,69-/m0/s1. The minimum atomic E-state index is -1.66. The lowest BCUT2D eigenvalue weighted by atomic mass is 9.97. The smallest absolute Gasteiger partial charge is 0.407 e. The van der Waals surface area contributed by atoms with Gasteiger partial charge in [-0.2, -0.15) is 0 Å². The molecule has 6 aromatic carbocycles. The summed E-state index contributed by atoms with van der Waals surface area (Å²) in [5.74, 6) is 1.03. The van der Waals surface area contributed by atoms with Crippen LogP contribution in [0.1, 0.15) is 84.0 Å². The van der Waals surface area contributed by atoms with Gasteiger partial charge in [-0.3, -0.25) is 28.3 Å². The molecule has 27 heteroatoms. The van der Waals surface area contributed by atoms with Crippen molar-refractivity contribution < 1.29 is 57.1 Å². The van der Waals surface area contributed by atoms with Gasteiger partial charge in [-0.15, -0.1) is 0 Å². The summed E-state index contributed by atoms with van der Waals surface area (Å²) in [5.41, 5.74) is 0.0621. The maximum Gasteiger partial charge on any atom is 0.407 e. The molecule has 9 rings (SSSR count). The highest BCUT2D eigenvalue weighted by atomic mass is 28.3. The number of hydrogen-bond donors (Lipinski definition) is 4. The first-order valence-electron chi connectivity index (χ1n) is 36.6. The summed E-state index contributed by atoms with van der Waals surface area (Å²) in [5, 5.41) is 12.0. The molecule has 4 N–H and O–H groups in total. The van der Waals surface area contributed by atoms with Crippen molar-refractivity contribution >= 4 is 62.3 Å². The molecule has 108 heavy (non-hydrogen) atoms. The molecule has 0 unspecified atom stereocenters. The van der Waals surface area contributed by atoms with Crippen molar-refractivity contribution in [3.05, 3.63) is 239 Å². The fourth-order valence-electron chi connectivity index (χ4n) is 12.4. The number of rotatable bonds is 40. The van der Waals surface area contributed by atoms with Gasteiger partial charge < -0.3 is 59.2 Å². The summed E-state index contributed by atoms with van der Waals surface area (Å²) in [7, 11) is 2.78. The third-order valence-electron chi connectivity index (χ3n) is 18.5. The van der Waals surface area contributed by atoms with Gasteiger partial charge in [0.2, 0.25) is 0 Å². The predicted molar refractivity (Wildman–Crippen MR) is 422 cm³/mol. The van der Waals surface area contributed by atoms with E-state index in [-0.39, 0.29) is 101 Å². The first kappa shape index (κ1) is 81.5. The molecule has 574 valence electrons. The number of amides is 2. The molecule has 2 atom stereocenters. The quantitative estimate of drug-likeness (QED) is 0.00912. The zero-order chi connectivity index (χ0) is 77.3. The van der Waals surface area contributed by atoms with Crippen LogP contribution >= 0.6 is 0 Å². The van der Waals surface area contributed by atoms with Gasteiger partial charge in [0.25, 0.3) is 11.1 Å². The predicted octanol–water partition coefficient (Wildman–Crippen LogP) is 11.2. The van der Waals surface area contributed by atoms with Crippen molar-refractivity contribution in [1.29, 1.82) is 0 Å². The number of nitrogens with one attached hydrogen (secondary N) is 4. The molecule has 0 radical (unpaired) electrons. The van der Waals surface area contributed by atoms with E-state index in [4.69, 9.17) is 42.9 Å². The van der Waals surface area contributed by atoms with Crippen LogP contribution < -0.4 is 62.7 Å². The van der Waals surface area contributed by atoms with Crippen LogP contribution in [0.15, 0.2) is 183 Å². The van der Waals surface area contributed by atoms with Crippen molar-refractivity contribution in [3.8, 4) is 23.0 Å². The zero-order valence-corrected chi connectivity index (χ0v) is 65.4. The van der Waals surface area contributed by atoms with Gasteiger partial charge in [-0.05, 0) is 139 Å². The summed E-state index contributed by atoms with van der Waals surface area (Å²) in [6.07, 6.45) is 1.23. The van der Waals surface area contributed by atoms with Crippen LogP contribution in [0, 0.1) is 0 Å². The van der Waals surface area contributed by atoms with Gasteiger partial charge in [0, 0.05) is 55.4 Å².